The Morgan fingerprint density at radius 2 is 1.23 bits per heavy atom. The maximum atomic E-state index is 15.6. The topological polar surface area (TPSA) is 70.2 Å². The molecule has 35 heavy (non-hydrogen) atoms. The SMILES string of the molecule is COc1ccc(C(N2CCS(=O)(=O)CC2)P2(=O)N(c3ccccc3)CCN2c2ccccc2)cc1. The molecular formula is C26H30N3O4PS. The molecule has 1 unspecified atom stereocenters. The van der Waals surface area contributed by atoms with E-state index >= 15 is 4.57 Å². The van der Waals surface area contributed by atoms with Crippen molar-refractivity contribution in [3.8, 4) is 5.75 Å². The van der Waals surface area contributed by atoms with Crippen LogP contribution in [0.3, 0.4) is 0 Å². The molecule has 2 saturated heterocycles. The fraction of sp³-hybridized carbons (Fsp3) is 0.308. The van der Waals surface area contributed by atoms with Crippen LogP contribution in [0.15, 0.2) is 84.9 Å². The van der Waals surface area contributed by atoms with E-state index in [1.807, 2.05) is 94.3 Å². The Bertz CT molecular complexity index is 1240. The summed E-state index contributed by atoms with van der Waals surface area (Å²) in [7, 11) is -4.82. The summed E-state index contributed by atoms with van der Waals surface area (Å²) in [6.07, 6.45) is 0. The number of hydrogen-bond acceptors (Lipinski definition) is 5. The average molecular weight is 512 g/mol. The van der Waals surface area contributed by atoms with Crippen molar-refractivity contribution in [2.75, 3.05) is 54.1 Å². The summed E-state index contributed by atoms with van der Waals surface area (Å²) >= 11 is 0. The maximum Gasteiger partial charge on any atom is 0.284 e. The zero-order chi connectivity index (χ0) is 24.5. The number of nitrogens with zero attached hydrogens (tertiary/aromatic N) is 3. The predicted molar refractivity (Wildman–Crippen MR) is 141 cm³/mol. The highest BCUT2D eigenvalue weighted by Gasteiger charge is 2.52. The molecule has 1 atom stereocenters. The summed E-state index contributed by atoms with van der Waals surface area (Å²) in [5.74, 6) is 0.345. The molecule has 0 saturated carbocycles. The third-order valence-electron chi connectivity index (χ3n) is 6.78. The Morgan fingerprint density at radius 1 is 0.743 bits per heavy atom. The van der Waals surface area contributed by atoms with Crippen molar-refractivity contribution >= 4 is 28.7 Å². The molecule has 0 N–H and O–H groups in total. The first-order chi connectivity index (χ1) is 16.9. The Labute approximate surface area is 207 Å². The van der Waals surface area contributed by atoms with Gasteiger partial charge >= 0.3 is 0 Å². The zero-order valence-electron chi connectivity index (χ0n) is 19.7. The zero-order valence-corrected chi connectivity index (χ0v) is 21.4. The molecule has 0 amide bonds. The van der Waals surface area contributed by atoms with E-state index in [1.54, 1.807) is 7.11 Å². The summed E-state index contributed by atoms with van der Waals surface area (Å²) < 4.78 is 49.6. The number of sulfone groups is 1. The summed E-state index contributed by atoms with van der Waals surface area (Å²) in [5.41, 5.74) is 2.69. The molecule has 2 fully saturated rings. The fourth-order valence-corrected chi connectivity index (χ4v) is 9.94. The van der Waals surface area contributed by atoms with Gasteiger partial charge in [0.1, 0.15) is 11.5 Å². The number of hydrogen-bond donors (Lipinski definition) is 0. The number of benzene rings is 3. The van der Waals surface area contributed by atoms with Crippen molar-refractivity contribution in [3.63, 3.8) is 0 Å². The van der Waals surface area contributed by atoms with Crippen molar-refractivity contribution in [3.05, 3.63) is 90.5 Å². The van der Waals surface area contributed by atoms with Gasteiger partial charge in [0.05, 0.1) is 18.6 Å². The van der Waals surface area contributed by atoms with Crippen molar-refractivity contribution < 1.29 is 17.7 Å². The standard InChI is InChI=1S/C26H30N3O4PS/c1-33-25-14-12-22(13-15-25)26(27-18-20-35(31,32)21-19-27)34(30)28(23-8-4-2-5-9-23)16-17-29(34)24-10-6-3-7-11-24/h2-15,26H,16-21H2,1H3. The molecule has 0 radical (unpaired) electrons. The van der Waals surface area contributed by atoms with E-state index in [2.05, 4.69) is 4.90 Å². The van der Waals surface area contributed by atoms with Gasteiger partial charge in [0.15, 0.2) is 9.84 Å². The lowest BCUT2D eigenvalue weighted by atomic mass is 10.2. The lowest BCUT2D eigenvalue weighted by Gasteiger charge is -2.44. The third-order valence-corrected chi connectivity index (χ3v) is 11.9. The smallest absolute Gasteiger partial charge is 0.284 e. The second-order valence-corrected chi connectivity index (χ2v) is 13.8. The van der Waals surface area contributed by atoms with Crippen molar-refractivity contribution in [1.29, 1.82) is 0 Å². The molecule has 0 aliphatic carbocycles. The van der Waals surface area contributed by atoms with Crippen LogP contribution in [0.5, 0.6) is 5.75 Å². The molecule has 3 aromatic carbocycles. The van der Waals surface area contributed by atoms with Crippen LogP contribution in [0.4, 0.5) is 11.4 Å². The molecule has 2 heterocycles. The highest BCUT2D eigenvalue weighted by Crippen LogP contribution is 2.69. The molecule has 9 heteroatoms. The van der Waals surface area contributed by atoms with Crippen LogP contribution in [0.1, 0.15) is 11.3 Å². The van der Waals surface area contributed by atoms with Crippen LogP contribution in [0.25, 0.3) is 0 Å². The summed E-state index contributed by atoms with van der Waals surface area (Å²) in [4.78, 5) is 2.10. The van der Waals surface area contributed by atoms with Crippen LogP contribution < -0.4 is 14.1 Å². The van der Waals surface area contributed by atoms with Crippen molar-refractivity contribution in [2.45, 2.75) is 5.78 Å². The number of para-hydroxylation sites is 2. The highest BCUT2D eigenvalue weighted by atomic mass is 32.2. The van der Waals surface area contributed by atoms with Gasteiger partial charge < -0.3 is 14.1 Å². The van der Waals surface area contributed by atoms with Crippen LogP contribution in [0.2, 0.25) is 0 Å². The highest BCUT2D eigenvalue weighted by molar-refractivity contribution is 7.91. The quantitative estimate of drug-likeness (QED) is 0.447. The Morgan fingerprint density at radius 3 is 1.69 bits per heavy atom. The van der Waals surface area contributed by atoms with Crippen molar-refractivity contribution in [2.24, 2.45) is 0 Å². The third kappa shape index (κ3) is 4.58. The molecule has 0 spiro atoms. The predicted octanol–water partition coefficient (Wildman–Crippen LogP) is 4.64. The van der Waals surface area contributed by atoms with E-state index in [4.69, 9.17) is 4.74 Å². The molecule has 7 nitrogen and oxygen atoms in total. The van der Waals surface area contributed by atoms with Gasteiger partial charge in [-0.15, -0.1) is 0 Å². The molecule has 3 aromatic rings. The van der Waals surface area contributed by atoms with Gasteiger partial charge in [-0.3, -0.25) is 9.46 Å². The normalized spacial score (nSPS) is 20.5. The molecular weight excluding hydrogens is 481 g/mol. The fourth-order valence-electron chi connectivity index (χ4n) is 5.02. The van der Waals surface area contributed by atoms with Gasteiger partial charge in [0.2, 0.25) is 0 Å². The Hall–Kier alpha value is -2.80. The van der Waals surface area contributed by atoms with Gasteiger partial charge in [0, 0.05) is 37.6 Å². The minimum Gasteiger partial charge on any atom is -0.497 e. The van der Waals surface area contributed by atoms with Gasteiger partial charge in [-0.25, -0.2) is 8.42 Å². The minimum atomic E-state index is -3.34. The first kappa shape index (κ1) is 23.9. The summed E-state index contributed by atoms with van der Waals surface area (Å²) in [6.45, 7) is 1.90. The van der Waals surface area contributed by atoms with E-state index in [0.717, 1.165) is 22.7 Å². The van der Waals surface area contributed by atoms with E-state index in [0.29, 0.717) is 26.2 Å². The first-order valence-electron chi connectivity index (χ1n) is 11.8. The molecule has 2 aliphatic heterocycles. The Kier molecular flexibility index (Phi) is 6.62. The van der Waals surface area contributed by atoms with Crippen LogP contribution in [-0.4, -0.2) is 58.1 Å². The van der Waals surface area contributed by atoms with Crippen molar-refractivity contribution in [1.82, 2.24) is 4.90 Å². The number of anilines is 2. The molecule has 0 aromatic heterocycles. The largest absolute Gasteiger partial charge is 0.497 e. The van der Waals surface area contributed by atoms with Crippen LogP contribution in [0, 0.1) is 0 Å². The van der Waals surface area contributed by atoms with Gasteiger partial charge in [-0.1, -0.05) is 48.5 Å². The van der Waals surface area contributed by atoms with E-state index in [9.17, 15) is 8.42 Å². The Balaban J connectivity index is 1.67. The van der Waals surface area contributed by atoms with E-state index in [1.165, 1.54) is 0 Å². The van der Waals surface area contributed by atoms with E-state index < -0.39 is 23.1 Å². The first-order valence-corrected chi connectivity index (χ1v) is 15.3. The monoisotopic (exact) mass is 511 g/mol. The van der Waals surface area contributed by atoms with Gasteiger partial charge in [-0.2, -0.15) is 0 Å². The number of ether oxygens (including phenoxy) is 1. The lowest BCUT2D eigenvalue weighted by molar-refractivity contribution is 0.267. The second-order valence-electron chi connectivity index (χ2n) is 8.84. The average Bonchev–Trinajstić information content (AvgIpc) is 3.24. The van der Waals surface area contributed by atoms with Gasteiger partial charge in [-0.05, 0) is 42.0 Å². The number of rotatable bonds is 6. The molecule has 0 bridgehead atoms. The molecule has 2 aliphatic rings. The minimum absolute atomic E-state index is 0.0658. The number of methoxy groups -OCH3 is 1. The van der Waals surface area contributed by atoms with E-state index in [-0.39, 0.29) is 11.5 Å². The summed E-state index contributed by atoms with van der Waals surface area (Å²) in [6, 6.07) is 27.4. The van der Waals surface area contributed by atoms with Crippen LogP contribution >= 0.6 is 7.44 Å². The summed E-state index contributed by atoms with van der Waals surface area (Å²) in [5, 5.41) is 0. The molecule has 5 rings (SSSR count). The maximum absolute atomic E-state index is 15.6. The van der Waals surface area contributed by atoms with Crippen LogP contribution in [-0.2, 0) is 14.4 Å². The molecule has 184 valence electrons. The van der Waals surface area contributed by atoms with Gasteiger partial charge in [0.25, 0.3) is 7.44 Å². The second kappa shape index (κ2) is 9.69. The lowest BCUT2D eigenvalue weighted by Crippen LogP contribution is -2.44.